The maximum Gasteiger partial charge on any atom is 0.307 e. The van der Waals surface area contributed by atoms with Crippen LogP contribution in [-0.4, -0.2) is 45.5 Å². The van der Waals surface area contributed by atoms with Gasteiger partial charge in [-0.15, -0.1) is 0 Å². The normalized spacial score (nSPS) is 9.91. The number of nitrogens with two attached hydrogens (primary N) is 1. The van der Waals surface area contributed by atoms with Gasteiger partial charge in [0.1, 0.15) is 0 Å². The van der Waals surface area contributed by atoms with Crippen LogP contribution in [0.3, 0.4) is 0 Å². The first-order valence-electron chi connectivity index (χ1n) is 6.60. The van der Waals surface area contributed by atoms with Crippen molar-refractivity contribution in [1.82, 2.24) is 0 Å². The van der Waals surface area contributed by atoms with Crippen LogP contribution in [0, 0.1) is 13.8 Å². The van der Waals surface area contributed by atoms with Crippen molar-refractivity contribution >= 4 is 58.3 Å². The second-order valence-electron chi connectivity index (χ2n) is 5.15. The molecule has 0 aliphatic carbocycles. The third-order valence-corrected chi connectivity index (χ3v) is 3.77. The Hall–Kier alpha value is -1.20. The average molecular weight is 322 g/mol. The summed E-state index contributed by atoms with van der Waals surface area (Å²) < 4.78 is 0. The molecule has 1 radical (unpaired) electrons. The number of rotatable bonds is 4. The van der Waals surface area contributed by atoms with E-state index in [1.54, 1.807) is 6.07 Å². The molecule has 22 heavy (non-hydrogen) atoms. The van der Waals surface area contributed by atoms with Crippen molar-refractivity contribution in [2.75, 3.05) is 5.73 Å². The summed E-state index contributed by atoms with van der Waals surface area (Å²) >= 11 is 5.52. The van der Waals surface area contributed by atoms with E-state index in [0.29, 0.717) is 16.1 Å². The molecule has 2 aromatic rings. The minimum absolute atomic E-state index is 0. The summed E-state index contributed by atoms with van der Waals surface area (Å²) in [5.74, 6) is -0.903. The molecule has 0 bridgehead atoms. The summed E-state index contributed by atoms with van der Waals surface area (Å²) in [6.45, 7) is 3.92. The second kappa shape index (κ2) is 7.88. The van der Waals surface area contributed by atoms with E-state index >= 15 is 0 Å². The zero-order valence-electron chi connectivity index (χ0n) is 13.0. The van der Waals surface area contributed by atoms with Crippen molar-refractivity contribution in [2.24, 2.45) is 0 Å². The van der Waals surface area contributed by atoms with Gasteiger partial charge in [-0.1, -0.05) is 53.7 Å². The summed E-state index contributed by atoms with van der Waals surface area (Å²) in [6, 6.07) is 11.6. The molecule has 0 unspecified atom stereocenters. The molecular weight excluding hydrogens is 305 g/mol. The van der Waals surface area contributed by atoms with Crippen molar-refractivity contribution in [3.63, 3.8) is 0 Å². The summed E-state index contributed by atoms with van der Waals surface area (Å²) in [5.41, 5.74) is 10.9. The monoisotopic (exact) mass is 322 g/mol. The van der Waals surface area contributed by atoms with Crippen LogP contribution in [0.4, 0.5) is 5.69 Å². The first-order valence-corrected chi connectivity index (χ1v) is 7.01. The van der Waals surface area contributed by atoms with Gasteiger partial charge in [0.05, 0.1) is 11.3 Å². The Kier molecular flexibility index (Phi) is 6.75. The number of aryl methyl sites for hydroxylation is 2. The van der Waals surface area contributed by atoms with E-state index < -0.39 is 5.97 Å². The molecule has 0 amide bonds. The van der Waals surface area contributed by atoms with Crippen LogP contribution in [-0.2, 0) is 11.2 Å². The number of carboxylic acids is 1. The standard InChI is InChI=1S/C17H17NO2S.Na/c1-10-3-5-12(6-4-10)17(21)14-8-11(2)7-13(16(14)18)9-15(19)20;/h3-8H,9,18H2,1-2H3,(H,19,20);. The fourth-order valence-corrected chi connectivity index (χ4v) is 2.54. The minimum atomic E-state index is -0.903. The topological polar surface area (TPSA) is 63.3 Å². The summed E-state index contributed by atoms with van der Waals surface area (Å²) in [7, 11) is 0. The molecule has 3 N–H and O–H groups in total. The van der Waals surface area contributed by atoms with Crippen LogP contribution in [0.1, 0.15) is 27.8 Å². The molecule has 0 heterocycles. The molecule has 0 spiro atoms. The molecule has 2 rings (SSSR count). The van der Waals surface area contributed by atoms with Gasteiger partial charge in [0.2, 0.25) is 0 Å². The van der Waals surface area contributed by atoms with E-state index in [9.17, 15) is 4.79 Å². The molecule has 0 fully saturated rings. The SMILES string of the molecule is Cc1ccc(C(=S)c2cc(C)cc(CC(=O)O)c2N)cc1.[Na]. The molecule has 0 saturated heterocycles. The number of hydrogen-bond donors (Lipinski definition) is 2. The number of hydrogen-bond acceptors (Lipinski definition) is 3. The molecule has 109 valence electrons. The zero-order valence-corrected chi connectivity index (χ0v) is 15.8. The Bertz CT molecular complexity index is 711. The zero-order chi connectivity index (χ0) is 15.6. The molecule has 0 aliphatic heterocycles. The van der Waals surface area contributed by atoms with Crippen molar-refractivity contribution < 1.29 is 9.90 Å². The number of carbonyl (C=O) groups is 1. The largest absolute Gasteiger partial charge is 0.481 e. The van der Waals surface area contributed by atoms with Gasteiger partial charge in [0.25, 0.3) is 0 Å². The van der Waals surface area contributed by atoms with E-state index in [-0.39, 0.29) is 36.0 Å². The molecule has 2 aromatic carbocycles. The van der Waals surface area contributed by atoms with Gasteiger partial charge in [-0.2, -0.15) is 0 Å². The van der Waals surface area contributed by atoms with Gasteiger partial charge in [0, 0.05) is 40.8 Å². The third kappa shape index (κ3) is 4.40. The molecule has 5 heteroatoms. The number of carboxylic acid groups (broad SMARTS) is 1. The quantitative estimate of drug-likeness (QED) is 0.393. The number of aliphatic carboxylic acids is 1. The molecular formula is C17H17NNaO2S. The van der Waals surface area contributed by atoms with E-state index in [1.807, 2.05) is 44.2 Å². The Balaban J connectivity index is 0.00000242. The van der Waals surface area contributed by atoms with Gasteiger partial charge in [-0.25, -0.2) is 0 Å². The van der Waals surface area contributed by atoms with Gasteiger partial charge in [-0.3, -0.25) is 4.79 Å². The van der Waals surface area contributed by atoms with Crippen molar-refractivity contribution in [1.29, 1.82) is 0 Å². The fourth-order valence-electron chi connectivity index (χ4n) is 2.23. The van der Waals surface area contributed by atoms with Gasteiger partial charge >= 0.3 is 5.97 Å². The first kappa shape index (κ1) is 18.8. The van der Waals surface area contributed by atoms with E-state index in [4.69, 9.17) is 23.1 Å². The molecule has 0 aromatic heterocycles. The Morgan fingerprint density at radius 1 is 1.14 bits per heavy atom. The van der Waals surface area contributed by atoms with Gasteiger partial charge in [-0.05, 0) is 31.0 Å². The molecule has 0 atom stereocenters. The summed E-state index contributed by atoms with van der Waals surface area (Å²) in [4.78, 5) is 11.6. The predicted octanol–water partition coefficient (Wildman–Crippen LogP) is 2.90. The van der Waals surface area contributed by atoms with Crippen LogP contribution in [0.15, 0.2) is 36.4 Å². The fraction of sp³-hybridized carbons (Fsp3) is 0.176. The first-order chi connectivity index (χ1) is 9.88. The number of nitrogen functional groups attached to an aromatic ring is 1. The Morgan fingerprint density at radius 3 is 2.27 bits per heavy atom. The minimum Gasteiger partial charge on any atom is -0.481 e. The molecule has 0 aliphatic rings. The van der Waals surface area contributed by atoms with Gasteiger partial charge in [0.15, 0.2) is 0 Å². The van der Waals surface area contributed by atoms with Gasteiger partial charge < -0.3 is 10.8 Å². The number of anilines is 1. The van der Waals surface area contributed by atoms with Crippen molar-refractivity contribution in [2.45, 2.75) is 20.3 Å². The summed E-state index contributed by atoms with van der Waals surface area (Å²) in [5, 5.41) is 8.97. The van der Waals surface area contributed by atoms with Crippen molar-refractivity contribution in [3.05, 3.63) is 64.2 Å². The Morgan fingerprint density at radius 2 is 1.73 bits per heavy atom. The third-order valence-electron chi connectivity index (χ3n) is 3.31. The van der Waals surface area contributed by atoms with Crippen LogP contribution in [0.2, 0.25) is 0 Å². The van der Waals surface area contributed by atoms with E-state index in [2.05, 4.69) is 0 Å². The van der Waals surface area contributed by atoms with Crippen LogP contribution >= 0.6 is 12.2 Å². The summed E-state index contributed by atoms with van der Waals surface area (Å²) in [6.07, 6.45) is -0.100. The smallest absolute Gasteiger partial charge is 0.307 e. The van der Waals surface area contributed by atoms with Crippen LogP contribution < -0.4 is 5.73 Å². The van der Waals surface area contributed by atoms with E-state index in [1.165, 1.54) is 0 Å². The van der Waals surface area contributed by atoms with E-state index in [0.717, 1.165) is 22.3 Å². The molecule has 3 nitrogen and oxygen atoms in total. The van der Waals surface area contributed by atoms with Crippen molar-refractivity contribution in [3.8, 4) is 0 Å². The maximum absolute atomic E-state index is 10.9. The maximum atomic E-state index is 10.9. The van der Waals surface area contributed by atoms with Crippen LogP contribution in [0.25, 0.3) is 0 Å². The Labute approximate surface area is 157 Å². The van der Waals surface area contributed by atoms with Crippen LogP contribution in [0.5, 0.6) is 0 Å². The number of benzene rings is 2. The molecule has 0 saturated carbocycles. The number of thiocarbonyl (C=S) groups is 1. The predicted molar refractivity (Wildman–Crippen MR) is 94.7 cm³/mol. The average Bonchev–Trinajstić information content (AvgIpc) is 2.42. The second-order valence-corrected chi connectivity index (χ2v) is 5.56.